The van der Waals surface area contributed by atoms with Gasteiger partial charge in [-0.3, -0.25) is 0 Å². The van der Waals surface area contributed by atoms with E-state index in [1.807, 2.05) is 18.2 Å². The number of para-hydroxylation sites is 1. The maximum atomic E-state index is 8.95. The Morgan fingerprint density at radius 2 is 2.06 bits per heavy atom. The molecule has 0 aliphatic carbocycles. The van der Waals surface area contributed by atoms with Crippen molar-refractivity contribution in [3.05, 3.63) is 53.7 Å². The van der Waals surface area contributed by atoms with E-state index in [4.69, 9.17) is 5.26 Å². The minimum atomic E-state index is 0.632. The number of aromatic nitrogens is 1. The smallest absolute Gasteiger partial charge is 0.134 e. The highest BCUT2D eigenvalue weighted by molar-refractivity contribution is 5.64. The Morgan fingerprint density at radius 3 is 2.72 bits per heavy atom. The second kappa shape index (κ2) is 5.33. The van der Waals surface area contributed by atoms with Crippen molar-refractivity contribution in [2.75, 3.05) is 11.4 Å². The van der Waals surface area contributed by atoms with Gasteiger partial charge in [0.1, 0.15) is 5.82 Å². The van der Waals surface area contributed by atoms with Gasteiger partial charge in [0.2, 0.25) is 0 Å². The van der Waals surface area contributed by atoms with Gasteiger partial charge in [0.25, 0.3) is 0 Å². The number of nitrogens with zero attached hydrogens (tertiary/aromatic N) is 3. The zero-order chi connectivity index (χ0) is 13.0. The Balaban J connectivity index is 2.46. The first-order valence-electron chi connectivity index (χ1n) is 5.95. The van der Waals surface area contributed by atoms with Gasteiger partial charge < -0.3 is 4.90 Å². The van der Waals surface area contributed by atoms with Crippen LogP contribution >= 0.6 is 0 Å². The normalized spacial score (nSPS) is 9.83. The maximum Gasteiger partial charge on any atom is 0.134 e. The molecule has 0 N–H and O–H groups in total. The van der Waals surface area contributed by atoms with Crippen LogP contribution in [0.3, 0.4) is 0 Å². The standard InChI is InChI=1S/C15H15N3/c1-3-18(14-7-5-4-6-12(14)2)15-10-13(11-16)8-9-17-15/h4-10H,3H2,1-2H3. The van der Waals surface area contributed by atoms with E-state index in [2.05, 4.69) is 41.9 Å². The molecule has 2 rings (SSSR count). The van der Waals surface area contributed by atoms with Crippen LogP contribution in [0, 0.1) is 18.3 Å². The van der Waals surface area contributed by atoms with Crippen LogP contribution in [0.1, 0.15) is 18.1 Å². The van der Waals surface area contributed by atoms with Crippen LogP contribution in [0.5, 0.6) is 0 Å². The largest absolute Gasteiger partial charge is 0.326 e. The molecule has 3 heteroatoms. The van der Waals surface area contributed by atoms with Crippen LogP contribution in [0.15, 0.2) is 42.6 Å². The van der Waals surface area contributed by atoms with E-state index in [0.29, 0.717) is 5.56 Å². The predicted octanol–water partition coefficient (Wildman–Crippen LogP) is 3.42. The lowest BCUT2D eigenvalue weighted by molar-refractivity contribution is 0.982. The molecule has 1 aromatic carbocycles. The lowest BCUT2D eigenvalue weighted by atomic mass is 10.1. The highest BCUT2D eigenvalue weighted by Gasteiger charge is 2.10. The molecule has 0 spiro atoms. The van der Waals surface area contributed by atoms with Gasteiger partial charge in [-0.2, -0.15) is 5.26 Å². The molecule has 0 amide bonds. The molecule has 0 aliphatic heterocycles. The average molecular weight is 237 g/mol. The number of aryl methyl sites for hydroxylation is 1. The zero-order valence-corrected chi connectivity index (χ0v) is 10.6. The number of hydrogen-bond acceptors (Lipinski definition) is 3. The van der Waals surface area contributed by atoms with Crippen molar-refractivity contribution < 1.29 is 0 Å². The highest BCUT2D eigenvalue weighted by atomic mass is 15.2. The van der Waals surface area contributed by atoms with Crippen LogP contribution < -0.4 is 4.90 Å². The van der Waals surface area contributed by atoms with E-state index < -0.39 is 0 Å². The first-order chi connectivity index (χ1) is 8.76. The van der Waals surface area contributed by atoms with Crippen molar-refractivity contribution in [1.29, 1.82) is 5.26 Å². The van der Waals surface area contributed by atoms with E-state index >= 15 is 0 Å². The van der Waals surface area contributed by atoms with Gasteiger partial charge in [-0.1, -0.05) is 18.2 Å². The molecule has 3 nitrogen and oxygen atoms in total. The van der Waals surface area contributed by atoms with Crippen LogP contribution in [-0.2, 0) is 0 Å². The summed E-state index contributed by atoms with van der Waals surface area (Å²) in [5, 5.41) is 8.95. The number of anilines is 2. The van der Waals surface area contributed by atoms with Crippen LogP contribution in [0.2, 0.25) is 0 Å². The molecule has 90 valence electrons. The Morgan fingerprint density at radius 1 is 1.28 bits per heavy atom. The molecule has 0 atom stereocenters. The summed E-state index contributed by atoms with van der Waals surface area (Å²) in [5.74, 6) is 0.811. The second-order valence-electron chi connectivity index (χ2n) is 4.05. The Bertz CT molecular complexity index is 584. The minimum absolute atomic E-state index is 0.632. The molecular formula is C15H15N3. The molecule has 1 aromatic heterocycles. The van der Waals surface area contributed by atoms with E-state index in [1.165, 1.54) is 5.56 Å². The predicted molar refractivity (Wildman–Crippen MR) is 72.8 cm³/mol. The topological polar surface area (TPSA) is 39.9 Å². The number of hydrogen-bond donors (Lipinski definition) is 0. The molecule has 2 aromatic rings. The molecule has 0 aliphatic rings. The molecule has 0 radical (unpaired) electrons. The number of rotatable bonds is 3. The quantitative estimate of drug-likeness (QED) is 0.821. The fourth-order valence-corrected chi connectivity index (χ4v) is 1.96. The third kappa shape index (κ3) is 2.33. The molecule has 0 fully saturated rings. The third-order valence-electron chi connectivity index (χ3n) is 2.87. The van der Waals surface area contributed by atoms with Gasteiger partial charge in [0, 0.05) is 18.4 Å². The lowest BCUT2D eigenvalue weighted by Gasteiger charge is -2.23. The van der Waals surface area contributed by atoms with E-state index in [-0.39, 0.29) is 0 Å². The van der Waals surface area contributed by atoms with Crippen molar-refractivity contribution in [2.24, 2.45) is 0 Å². The Labute approximate surface area is 107 Å². The van der Waals surface area contributed by atoms with E-state index in [9.17, 15) is 0 Å². The number of benzene rings is 1. The summed E-state index contributed by atoms with van der Waals surface area (Å²) in [6, 6.07) is 13.9. The van der Waals surface area contributed by atoms with Crippen molar-refractivity contribution >= 4 is 11.5 Å². The molecule has 0 saturated carbocycles. The Hall–Kier alpha value is -2.34. The first kappa shape index (κ1) is 12.1. The molecular weight excluding hydrogens is 222 g/mol. The first-order valence-corrected chi connectivity index (χ1v) is 5.95. The molecule has 0 unspecified atom stereocenters. The van der Waals surface area contributed by atoms with Gasteiger partial charge >= 0.3 is 0 Å². The summed E-state index contributed by atoms with van der Waals surface area (Å²) in [4.78, 5) is 6.46. The van der Waals surface area contributed by atoms with E-state index in [1.54, 1.807) is 12.3 Å². The van der Waals surface area contributed by atoms with Crippen molar-refractivity contribution in [1.82, 2.24) is 4.98 Å². The summed E-state index contributed by atoms with van der Waals surface area (Å²) in [7, 11) is 0. The molecule has 0 saturated heterocycles. The summed E-state index contributed by atoms with van der Waals surface area (Å²) < 4.78 is 0. The number of pyridine rings is 1. The third-order valence-corrected chi connectivity index (χ3v) is 2.87. The lowest BCUT2D eigenvalue weighted by Crippen LogP contribution is -2.18. The highest BCUT2D eigenvalue weighted by Crippen LogP contribution is 2.26. The minimum Gasteiger partial charge on any atom is -0.326 e. The van der Waals surface area contributed by atoms with Crippen molar-refractivity contribution in [3.63, 3.8) is 0 Å². The van der Waals surface area contributed by atoms with Gasteiger partial charge in [0.05, 0.1) is 11.6 Å². The fraction of sp³-hybridized carbons (Fsp3) is 0.200. The molecule has 18 heavy (non-hydrogen) atoms. The second-order valence-corrected chi connectivity index (χ2v) is 4.05. The fourth-order valence-electron chi connectivity index (χ4n) is 1.96. The summed E-state index contributed by atoms with van der Waals surface area (Å²) in [6.45, 7) is 4.96. The monoisotopic (exact) mass is 237 g/mol. The maximum absolute atomic E-state index is 8.95. The van der Waals surface area contributed by atoms with Crippen LogP contribution in [0.4, 0.5) is 11.5 Å². The zero-order valence-electron chi connectivity index (χ0n) is 10.6. The number of nitriles is 1. The van der Waals surface area contributed by atoms with Crippen molar-refractivity contribution in [2.45, 2.75) is 13.8 Å². The van der Waals surface area contributed by atoms with Crippen molar-refractivity contribution in [3.8, 4) is 6.07 Å². The van der Waals surface area contributed by atoms with Gasteiger partial charge in [-0.15, -0.1) is 0 Å². The summed E-state index contributed by atoms with van der Waals surface area (Å²) >= 11 is 0. The van der Waals surface area contributed by atoms with Crippen LogP contribution in [0.25, 0.3) is 0 Å². The van der Waals surface area contributed by atoms with Gasteiger partial charge in [0.15, 0.2) is 0 Å². The summed E-state index contributed by atoms with van der Waals surface area (Å²) in [6.07, 6.45) is 1.68. The van der Waals surface area contributed by atoms with Crippen LogP contribution in [-0.4, -0.2) is 11.5 Å². The van der Waals surface area contributed by atoms with Gasteiger partial charge in [-0.05, 0) is 37.6 Å². The molecule has 1 heterocycles. The van der Waals surface area contributed by atoms with E-state index in [0.717, 1.165) is 18.1 Å². The summed E-state index contributed by atoms with van der Waals surface area (Å²) in [5.41, 5.74) is 2.96. The average Bonchev–Trinajstić information content (AvgIpc) is 2.42. The Kier molecular flexibility index (Phi) is 3.59. The SMILES string of the molecule is CCN(c1cc(C#N)ccn1)c1ccccc1C. The van der Waals surface area contributed by atoms with Gasteiger partial charge in [-0.25, -0.2) is 4.98 Å². The molecule has 0 bridgehead atoms.